The molecule has 1 aliphatic heterocycles. The summed E-state index contributed by atoms with van der Waals surface area (Å²) >= 11 is 0. The van der Waals surface area contributed by atoms with Crippen molar-refractivity contribution in [3.05, 3.63) is 47.9 Å². The van der Waals surface area contributed by atoms with E-state index in [1.165, 1.54) is 23.3 Å². The first-order valence-corrected chi connectivity index (χ1v) is 9.67. The Bertz CT molecular complexity index is 1060. The number of nitrogens with zero attached hydrogens (tertiary/aromatic N) is 3. The summed E-state index contributed by atoms with van der Waals surface area (Å²) < 4.78 is 34.9. The topological polar surface area (TPSA) is 137 Å². The summed E-state index contributed by atoms with van der Waals surface area (Å²) in [6.45, 7) is 1.73. The number of nitrogens with one attached hydrogen (secondary N) is 2. The molecule has 0 aliphatic carbocycles. The number of hydrogen-bond acceptors (Lipinski definition) is 7. The lowest BCUT2D eigenvalue weighted by Gasteiger charge is -2.14. The highest BCUT2D eigenvalue weighted by atomic mass is 32.2. The Morgan fingerprint density at radius 3 is 2.71 bits per heavy atom. The minimum Gasteiger partial charge on any atom is -0.505 e. The van der Waals surface area contributed by atoms with Crippen molar-refractivity contribution in [2.75, 3.05) is 19.4 Å². The number of aromatic hydroxyl groups is 1. The average molecular weight is 405 g/mol. The second-order valence-electron chi connectivity index (χ2n) is 6.21. The van der Waals surface area contributed by atoms with Crippen molar-refractivity contribution in [1.82, 2.24) is 9.62 Å². The number of para-hydroxylation sites is 1. The zero-order valence-corrected chi connectivity index (χ0v) is 16.2. The highest BCUT2D eigenvalue weighted by molar-refractivity contribution is 7.89. The SMILES string of the molecule is C[C@@H](N=C1NS(=O)(=O)N=C1Nc1cccc(C(=O)N(C)C)c1O)c1ccco1. The van der Waals surface area contributed by atoms with Crippen molar-refractivity contribution >= 4 is 33.5 Å². The minimum absolute atomic E-state index is 0.0346. The highest BCUT2D eigenvalue weighted by Gasteiger charge is 2.28. The van der Waals surface area contributed by atoms with Gasteiger partial charge in [-0.05, 0) is 31.2 Å². The maximum atomic E-state index is 12.2. The van der Waals surface area contributed by atoms with Crippen LogP contribution in [0.1, 0.15) is 29.1 Å². The van der Waals surface area contributed by atoms with Gasteiger partial charge in [-0.15, -0.1) is 4.40 Å². The van der Waals surface area contributed by atoms with Crippen LogP contribution in [0.2, 0.25) is 0 Å². The average Bonchev–Trinajstić information content (AvgIpc) is 3.24. The summed E-state index contributed by atoms with van der Waals surface area (Å²) in [5, 5.41) is 13.2. The quantitative estimate of drug-likeness (QED) is 0.660. The number of furan rings is 1. The predicted molar refractivity (Wildman–Crippen MR) is 104 cm³/mol. The van der Waals surface area contributed by atoms with Gasteiger partial charge >= 0.3 is 10.2 Å². The summed E-state index contributed by atoms with van der Waals surface area (Å²) in [5.74, 6) is -0.331. The van der Waals surface area contributed by atoms with E-state index in [0.717, 1.165) is 0 Å². The molecular weight excluding hydrogens is 386 g/mol. The van der Waals surface area contributed by atoms with Crippen LogP contribution in [0.15, 0.2) is 50.4 Å². The van der Waals surface area contributed by atoms with Crippen molar-refractivity contribution in [3.8, 4) is 5.75 Å². The number of phenols is 1. The molecule has 0 spiro atoms. The van der Waals surface area contributed by atoms with E-state index in [1.54, 1.807) is 39.2 Å². The zero-order valence-electron chi connectivity index (χ0n) is 15.4. The number of amides is 1. The minimum atomic E-state index is -3.97. The number of benzene rings is 1. The smallest absolute Gasteiger partial charge is 0.345 e. The fourth-order valence-electron chi connectivity index (χ4n) is 2.50. The van der Waals surface area contributed by atoms with E-state index in [4.69, 9.17) is 4.42 Å². The molecule has 10 nitrogen and oxygen atoms in total. The Labute approximate surface area is 161 Å². The number of hydrogen-bond donors (Lipinski definition) is 3. The lowest BCUT2D eigenvalue weighted by molar-refractivity contribution is 0.0824. The molecule has 1 amide bonds. The first kappa shape index (κ1) is 19.4. The van der Waals surface area contributed by atoms with Crippen LogP contribution in [0, 0.1) is 0 Å². The van der Waals surface area contributed by atoms with Gasteiger partial charge < -0.3 is 19.7 Å². The molecule has 0 saturated heterocycles. The van der Waals surface area contributed by atoms with Crippen LogP contribution in [-0.2, 0) is 10.2 Å². The second-order valence-corrected chi connectivity index (χ2v) is 7.55. The van der Waals surface area contributed by atoms with Gasteiger partial charge in [0.05, 0.1) is 17.5 Å². The Hall–Kier alpha value is -3.34. The number of carbonyl (C=O) groups is 1. The van der Waals surface area contributed by atoms with Gasteiger partial charge in [0.15, 0.2) is 17.4 Å². The lowest BCUT2D eigenvalue weighted by Crippen LogP contribution is -2.31. The van der Waals surface area contributed by atoms with Crippen molar-refractivity contribution in [2.24, 2.45) is 9.39 Å². The molecule has 0 radical (unpaired) electrons. The molecule has 1 aromatic heterocycles. The third kappa shape index (κ3) is 3.98. The van der Waals surface area contributed by atoms with Gasteiger partial charge in [0.1, 0.15) is 11.8 Å². The fourth-order valence-corrected chi connectivity index (χ4v) is 3.31. The van der Waals surface area contributed by atoms with Gasteiger partial charge in [0.2, 0.25) is 0 Å². The van der Waals surface area contributed by atoms with Gasteiger partial charge in [0, 0.05) is 14.1 Å². The van der Waals surface area contributed by atoms with Crippen LogP contribution in [-0.4, -0.2) is 50.1 Å². The van der Waals surface area contributed by atoms with Gasteiger partial charge in [-0.3, -0.25) is 9.79 Å². The van der Waals surface area contributed by atoms with Crippen molar-refractivity contribution in [2.45, 2.75) is 13.0 Å². The Balaban J connectivity index is 1.94. The second kappa shape index (κ2) is 7.35. The van der Waals surface area contributed by atoms with E-state index >= 15 is 0 Å². The number of anilines is 1. The number of rotatable bonds is 4. The molecule has 1 aliphatic rings. The van der Waals surface area contributed by atoms with Crippen LogP contribution >= 0.6 is 0 Å². The van der Waals surface area contributed by atoms with Gasteiger partial charge in [-0.2, -0.15) is 8.42 Å². The van der Waals surface area contributed by atoms with E-state index in [0.29, 0.717) is 5.76 Å². The molecule has 0 unspecified atom stereocenters. The van der Waals surface area contributed by atoms with E-state index < -0.39 is 22.2 Å². The Morgan fingerprint density at radius 1 is 1.32 bits per heavy atom. The highest BCUT2D eigenvalue weighted by Crippen LogP contribution is 2.29. The molecule has 1 aromatic carbocycles. The number of phenolic OH excluding ortho intramolecular Hbond substituents is 1. The number of carbonyl (C=O) groups excluding carboxylic acids is 1. The number of aliphatic imine (C=N–C) groups is 1. The lowest BCUT2D eigenvalue weighted by atomic mass is 10.1. The molecule has 0 saturated carbocycles. The number of amidine groups is 2. The first-order valence-electron chi connectivity index (χ1n) is 8.23. The van der Waals surface area contributed by atoms with Crippen LogP contribution in [0.25, 0.3) is 0 Å². The monoisotopic (exact) mass is 405 g/mol. The summed E-state index contributed by atoms with van der Waals surface area (Å²) in [4.78, 5) is 17.8. The maximum absolute atomic E-state index is 12.2. The molecule has 28 heavy (non-hydrogen) atoms. The molecule has 1 atom stereocenters. The molecule has 2 heterocycles. The molecule has 3 N–H and O–H groups in total. The van der Waals surface area contributed by atoms with E-state index in [9.17, 15) is 18.3 Å². The van der Waals surface area contributed by atoms with Crippen molar-refractivity contribution < 1.29 is 22.7 Å². The third-order valence-corrected chi connectivity index (χ3v) is 4.74. The van der Waals surface area contributed by atoms with Gasteiger partial charge in [0.25, 0.3) is 5.91 Å². The molecule has 0 bridgehead atoms. The largest absolute Gasteiger partial charge is 0.505 e. The molecule has 2 aromatic rings. The summed E-state index contributed by atoms with van der Waals surface area (Å²) in [6, 6.07) is 7.44. The van der Waals surface area contributed by atoms with E-state index in [2.05, 4.69) is 19.4 Å². The van der Waals surface area contributed by atoms with Crippen molar-refractivity contribution in [3.63, 3.8) is 0 Å². The summed E-state index contributed by atoms with van der Waals surface area (Å²) in [5.41, 5.74) is 0.176. The van der Waals surface area contributed by atoms with Crippen LogP contribution in [0.5, 0.6) is 5.75 Å². The van der Waals surface area contributed by atoms with Crippen LogP contribution < -0.4 is 10.0 Å². The molecule has 0 fully saturated rings. The van der Waals surface area contributed by atoms with E-state index in [1.807, 2.05) is 0 Å². The van der Waals surface area contributed by atoms with Crippen LogP contribution in [0.4, 0.5) is 5.69 Å². The maximum Gasteiger partial charge on any atom is 0.345 e. The molecule has 3 rings (SSSR count). The third-order valence-electron chi connectivity index (χ3n) is 3.86. The standard InChI is InChI=1S/C17H19N5O5S/c1-10(13-8-5-9-27-13)18-15-16(21-28(25,26)20-15)19-12-7-4-6-11(14(12)23)17(24)22(2)3/h4-10,23H,1-3H3,(H,18,20)(H,19,21)/t10-/m1/s1. The van der Waals surface area contributed by atoms with Gasteiger partial charge in [-0.25, -0.2) is 4.72 Å². The Kier molecular flexibility index (Phi) is 5.10. The zero-order chi connectivity index (χ0) is 20.5. The van der Waals surface area contributed by atoms with Crippen molar-refractivity contribution in [1.29, 1.82) is 0 Å². The molecular formula is C17H19N5O5S. The first-order chi connectivity index (χ1) is 13.2. The van der Waals surface area contributed by atoms with Gasteiger partial charge in [-0.1, -0.05) is 6.07 Å². The summed E-state index contributed by atoms with van der Waals surface area (Å²) in [6.07, 6.45) is 1.49. The van der Waals surface area contributed by atoms with Crippen LogP contribution in [0.3, 0.4) is 0 Å². The summed E-state index contributed by atoms with van der Waals surface area (Å²) in [7, 11) is -0.863. The fraction of sp³-hybridized carbons (Fsp3) is 0.235. The predicted octanol–water partition coefficient (Wildman–Crippen LogP) is 1.51. The molecule has 148 valence electrons. The normalized spacial score (nSPS) is 17.7. The van der Waals surface area contributed by atoms with E-state index in [-0.39, 0.29) is 28.7 Å². The molecule has 11 heteroatoms. The Morgan fingerprint density at radius 2 is 2.07 bits per heavy atom.